The first kappa shape index (κ1) is 31.9. The van der Waals surface area contributed by atoms with Crippen molar-refractivity contribution >= 4 is 27.5 Å². The van der Waals surface area contributed by atoms with Crippen molar-refractivity contribution in [2.24, 2.45) is 0 Å². The molecule has 0 spiro atoms. The molecule has 10 heteroatoms. The first-order valence-corrected chi connectivity index (χ1v) is 16.5. The first-order chi connectivity index (χ1) is 20.7. The van der Waals surface area contributed by atoms with Crippen molar-refractivity contribution in [1.29, 1.82) is 0 Å². The predicted octanol–water partition coefficient (Wildman–Crippen LogP) is 4.48. The van der Waals surface area contributed by atoms with Gasteiger partial charge in [-0.05, 0) is 48.6 Å². The van der Waals surface area contributed by atoms with Gasteiger partial charge in [-0.2, -0.15) is 0 Å². The summed E-state index contributed by atoms with van der Waals surface area (Å²) < 4.78 is 38.1. The number of fused-ring (bicyclic) bond motifs is 1. The maximum Gasteiger partial charge on any atom is 0.243 e. The van der Waals surface area contributed by atoms with Crippen molar-refractivity contribution < 1.29 is 27.5 Å². The summed E-state index contributed by atoms with van der Waals surface area (Å²) in [6, 6.07) is 21.8. The van der Waals surface area contributed by atoms with Gasteiger partial charge in [0.25, 0.3) is 0 Å². The molecular weight excluding hydrogens is 566 g/mol. The lowest BCUT2D eigenvalue weighted by molar-refractivity contribution is -0.141. The van der Waals surface area contributed by atoms with E-state index < -0.39 is 16.1 Å². The maximum atomic E-state index is 14.0. The van der Waals surface area contributed by atoms with Crippen LogP contribution in [-0.4, -0.2) is 63.7 Å². The first-order valence-electron chi connectivity index (χ1n) is 14.7. The van der Waals surface area contributed by atoms with Crippen molar-refractivity contribution in [1.82, 2.24) is 10.2 Å². The van der Waals surface area contributed by atoms with E-state index in [0.29, 0.717) is 43.4 Å². The van der Waals surface area contributed by atoms with Gasteiger partial charge in [0.05, 0.1) is 11.9 Å². The molecule has 0 fully saturated rings. The molecule has 43 heavy (non-hydrogen) atoms. The normalized spacial score (nSPS) is 13.2. The van der Waals surface area contributed by atoms with E-state index in [9.17, 15) is 18.0 Å². The summed E-state index contributed by atoms with van der Waals surface area (Å²) >= 11 is 0. The van der Waals surface area contributed by atoms with E-state index in [4.69, 9.17) is 9.47 Å². The molecule has 9 nitrogen and oxygen atoms in total. The predicted molar refractivity (Wildman–Crippen MR) is 168 cm³/mol. The minimum absolute atomic E-state index is 0.0643. The van der Waals surface area contributed by atoms with Crippen LogP contribution in [0, 0.1) is 6.92 Å². The topological polar surface area (TPSA) is 105 Å². The number of hydrogen-bond donors (Lipinski definition) is 1. The second-order valence-electron chi connectivity index (χ2n) is 10.7. The third kappa shape index (κ3) is 8.73. The molecule has 0 saturated heterocycles. The molecule has 1 aliphatic heterocycles. The van der Waals surface area contributed by atoms with Crippen LogP contribution in [0.3, 0.4) is 0 Å². The monoisotopic (exact) mass is 607 g/mol. The molecular formula is C33H41N3O6S. The van der Waals surface area contributed by atoms with E-state index in [1.165, 1.54) is 4.31 Å². The number of nitrogens with zero attached hydrogens (tertiary/aromatic N) is 2. The third-order valence-corrected chi connectivity index (χ3v) is 8.58. The quantitative estimate of drug-likeness (QED) is 0.290. The smallest absolute Gasteiger partial charge is 0.243 e. The van der Waals surface area contributed by atoms with E-state index in [1.807, 2.05) is 68.4 Å². The highest BCUT2D eigenvalue weighted by Crippen LogP contribution is 2.35. The summed E-state index contributed by atoms with van der Waals surface area (Å²) in [4.78, 5) is 29.1. The molecule has 0 aliphatic carbocycles. The average Bonchev–Trinajstić information content (AvgIpc) is 3.00. The Morgan fingerprint density at radius 2 is 1.65 bits per heavy atom. The molecule has 1 N–H and O–H groups in total. The third-order valence-electron chi connectivity index (χ3n) is 7.39. The zero-order valence-electron chi connectivity index (χ0n) is 25.1. The fourth-order valence-electron chi connectivity index (χ4n) is 5.08. The van der Waals surface area contributed by atoms with Gasteiger partial charge in [-0.3, -0.25) is 13.9 Å². The van der Waals surface area contributed by atoms with Gasteiger partial charge in [-0.1, -0.05) is 61.5 Å². The van der Waals surface area contributed by atoms with Crippen LogP contribution >= 0.6 is 0 Å². The van der Waals surface area contributed by atoms with E-state index in [-0.39, 0.29) is 37.7 Å². The van der Waals surface area contributed by atoms with Crippen molar-refractivity contribution in [2.45, 2.75) is 52.1 Å². The summed E-state index contributed by atoms with van der Waals surface area (Å²) in [5.41, 5.74) is 3.36. The largest absolute Gasteiger partial charge is 0.486 e. The number of aryl methyl sites for hydroxylation is 1. The lowest BCUT2D eigenvalue weighted by Gasteiger charge is -2.32. The van der Waals surface area contributed by atoms with Crippen LogP contribution in [-0.2, 0) is 32.6 Å². The molecule has 0 saturated carbocycles. The van der Waals surface area contributed by atoms with Crippen molar-refractivity contribution in [3.05, 3.63) is 89.5 Å². The molecule has 230 valence electrons. The summed E-state index contributed by atoms with van der Waals surface area (Å²) in [7, 11) is -3.65. The molecule has 3 aromatic carbocycles. The molecule has 1 heterocycles. The molecule has 0 unspecified atom stereocenters. The van der Waals surface area contributed by atoms with Gasteiger partial charge in [-0.25, -0.2) is 8.42 Å². The van der Waals surface area contributed by atoms with Crippen LogP contribution in [0.25, 0.3) is 0 Å². The molecule has 2 amide bonds. The Bertz CT molecular complexity index is 1500. The van der Waals surface area contributed by atoms with E-state index in [0.717, 1.165) is 29.4 Å². The van der Waals surface area contributed by atoms with Crippen LogP contribution in [0.15, 0.2) is 72.8 Å². The number of sulfonamides is 1. The zero-order valence-corrected chi connectivity index (χ0v) is 25.9. The number of nitrogens with one attached hydrogen (secondary N) is 1. The number of anilines is 1. The van der Waals surface area contributed by atoms with Gasteiger partial charge < -0.3 is 19.7 Å². The van der Waals surface area contributed by atoms with Gasteiger partial charge in [0.15, 0.2) is 11.5 Å². The number of carbonyl (C=O) groups excluding carboxylic acids is 2. The van der Waals surface area contributed by atoms with E-state index in [2.05, 4.69) is 5.32 Å². The van der Waals surface area contributed by atoms with Crippen LogP contribution in [0.5, 0.6) is 11.5 Å². The van der Waals surface area contributed by atoms with Crippen molar-refractivity contribution in [3.63, 3.8) is 0 Å². The molecule has 3 aromatic rings. The van der Waals surface area contributed by atoms with Gasteiger partial charge in [0.2, 0.25) is 21.8 Å². The summed E-state index contributed by atoms with van der Waals surface area (Å²) in [6.07, 6.45) is 2.61. The van der Waals surface area contributed by atoms with E-state index in [1.54, 1.807) is 23.1 Å². The van der Waals surface area contributed by atoms with Crippen LogP contribution in [0.2, 0.25) is 0 Å². The summed E-state index contributed by atoms with van der Waals surface area (Å²) in [5.74, 6) is 0.629. The standard InChI is InChI=1S/C33H41N3O6S/c1-4-18-34-33(38)29(22-26-12-6-5-7-13-26)35(24-27-14-9-8-11-25(27)2)32(37)15-10-19-36(43(3,39)40)28-16-17-30-31(23-28)42-21-20-41-30/h5-9,11-14,16-17,23,29H,4,10,15,18-22,24H2,1-3H3,(H,34,38)/t29-/m0/s1. The SMILES string of the molecule is CCCNC(=O)[C@H](Cc1ccccc1)N(Cc1ccccc1C)C(=O)CCCN(c1ccc2c(c1)OCCO2)S(C)(=O)=O. The van der Waals surface area contributed by atoms with Crippen LogP contribution in [0.4, 0.5) is 5.69 Å². The Balaban J connectivity index is 1.57. The molecule has 1 aliphatic rings. The molecule has 4 rings (SSSR count). The number of amides is 2. The minimum atomic E-state index is -3.65. The molecule has 1 atom stereocenters. The number of carbonyl (C=O) groups is 2. The Kier molecular flexibility index (Phi) is 11.1. The maximum absolute atomic E-state index is 14.0. The van der Waals surface area contributed by atoms with Gasteiger partial charge in [0, 0.05) is 38.5 Å². The average molecular weight is 608 g/mol. The minimum Gasteiger partial charge on any atom is -0.486 e. The Morgan fingerprint density at radius 3 is 2.35 bits per heavy atom. The van der Waals surface area contributed by atoms with Gasteiger partial charge >= 0.3 is 0 Å². The molecule has 0 radical (unpaired) electrons. The second kappa shape index (κ2) is 14.9. The molecule has 0 aromatic heterocycles. The highest BCUT2D eigenvalue weighted by atomic mass is 32.2. The number of benzene rings is 3. The Hall–Kier alpha value is -4.05. The lowest BCUT2D eigenvalue weighted by Crippen LogP contribution is -2.50. The second-order valence-corrected chi connectivity index (χ2v) is 12.6. The van der Waals surface area contributed by atoms with E-state index >= 15 is 0 Å². The summed E-state index contributed by atoms with van der Waals surface area (Å²) in [5, 5.41) is 2.99. The highest BCUT2D eigenvalue weighted by Gasteiger charge is 2.31. The fourth-order valence-corrected chi connectivity index (χ4v) is 6.04. The zero-order chi connectivity index (χ0) is 30.8. The Labute approximate surface area is 254 Å². The summed E-state index contributed by atoms with van der Waals surface area (Å²) in [6.45, 7) is 5.65. The van der Waals surface area contributed by atoms with Gasteiger partial charge in [0.1, 0.15) is 19.3 Å². The molecule has 0 bridgehead atoms. The number of ether oxygens (including phenoxy) is 2. The fraction of sp³-hybridized carbons (Fsp3) is 0.394. The number of rotatable bonds is 14. The van der Waals surface area contributed by atoms with Crippen molar-refractivity contribution in [2.75, 3.05) is 36.9 Å². The Morgan fingerprint density at radius 1 is 0.953 bits per heavy atom. The highest BCUT2D eigenvalue weighted by molar-refractivity contribution is 7.92. The number of hydrogen-bond acceptors (Lipinski definition) is 6. The van der Waals surface area contributed by atoms with Crippen molar-refractivity contribution in [3.8, 4) is 11.5 Å². The van der Waals surface area contributed by atoms with Crippen LogP contribution < -0.4 is 19.1 Å². The van der Waals surface area contributed by atoms with Gasteiger partial charge in [-0.15, -0.1) is 0 Å². The van der Waals surface area contributed by atoms with Crippen LogP contribution in [0.1, 0.15) is 42.9 Å². The lowest BCUT2D eigenvalue weighted by atomic mass is 10.0.